The van der Waals surface area contributed by atoms with E-state index in [1.54, 1.807) is 25.2 Å². The van der Waals surface area contributed by atoms with Crippen LogP contribution in [0.1, 0.15) is 4.88 Å². The molecule has 17 heavy (non-hydrogen) atoms. The first-order valence-electron chi connectivity index (χ1n) is 4.74. The number of nitro groups is 1. The van der Waals surface area contributed by atoms with Crippen LogP contribution in [0.4, 0.5) is 0 Å². The molecule has 0 amide bonds. The van der Waals surface area contributed by atoms with E-state index >= 15 is 0 Å². The predicted molar refractivity (Wildman–Crippen MR) is 70.0 cm³/mol. The van der Waals surface area contributed by atoms with E-state index in [-0.39, 0.29) is 0 Å². The molecule has 0 unspecified atom stereocenters. The highest BCUT2D eigenvalue weighted by Gasteiger charge is 2.13. The van der Waals surface area contributed by atoms with Crippen molar-refractivity contribution in [3.8, 4) is 0 Å². The maximum Gasteiger partial charge on any atom is 0.274 e. The van der Waals surface area contributed by atoms with Crippen molar-refractivity contribution < 1.29 is 4.92 Å². The molecule has 8 heteroatoms. The largest absolute Gasteiger partial charge is 0.359 e. The van der Waals surface area contributed by atoms with Crippen LogP contribution >= 0.6 is 27.3 Å². The lowest BCUT2D eigenvalue weighted by atomic mass is 10.4. The molecule has 0 radical (unpaired) electrons. The maximum absolute atomic E-state index is 10.5. The molecular weight excluding hydrogens is 308 g/mol. The summed E-state index contributed by atoms with van der Waals surface area (Å²) in [5, 5.41) is 10.5. The molecule has 0 aliphatic carbocycles. The highest BCUT2D eigenvalue weighted by atomic mass is 79.9. The van der Waals surface area contributed by atoms with E-state index in [4.69, 9.17) is 0 Å². The van der Waals surface area contributed by atoms with E-state index in [1.165, 1.54) is 11.3 Å². The second-order valence-corrected chi connectivity index (χ2v) is 5.99. The van der Waals surface area contributed by atoms with Gasteiger partial charge in [-0.2, -0.15) is 0 Å². The first kappa shape index (κ1) is 13.9. The molecule has 1 rings (SSSR count). The van der Waals surface area contributed by atoms with Crippen molar-refractivity contribution in [2.45, 2.75) is 6.54 Å². The van der Waals surface area contributed by atoms with Gasteiger partial charge in [0.25, 0.3) is 6.20 Å². The number of thiazole rings is 1. The Hall–Kier alpha value is -1.15. The number of nitrogens with zero attached hydrogens (tertiary/aromatic N) is 4. The standard InChI is InChI=1S/C9H13BrN4O2S/c1-12(2)8(6-14(15)16)13(3)5-7-4-11-9(10)17-7/h4,6H,5H2,1-3H3. The SMILES string of the molecule is CN(C)C(=C[N+](=O)[O-])N(C)Cc1cnc(Br)s1. The molecule has 0 aliphatic rings. The van der Waals surface area contributed by atoms with Crippen molar-refractivity contribution in [3.05, 3.63) is 37.1 Å². The van der Waals surface area contributed by atoms with Crippen molar-refractivity contribution in [2.24, 2.45) is 0 Å². The fourth-order valence-electron chi connectivity index (χ4n) is 1.32. The van der Waals surface area contributed by atoms with Gasteiger partial charge in [-0.15, -0.1) is 11.3 Å². The topological polar surface area (TPSA) is 62.5 Å². The van der Waals surface area contributed by atoms with Crippen LogP contribution in [0, 0.1) is 10.1 Å². The smallest absolute Gasteiger partial charge is 0.274 e. The molecule has 0 bridgehead atoms. The molecule has 0 aromatic carbocycles. The summed E-state index contributed by atoms with van der Waals surface area (Å²) in [5.74, 6) is 0.541. The molecule has 0 saturated carbocycles. The Morgan fingerprint density at radius 3 is 2.71 bits per heavy atom. The van der Waals surface area contributed by atoms with Crippen LogP contribution < -0.4 is 0 Å². The van der Waals surface area contributed by atoms with E-state index in [9.17, 15) is 10.1 Å². The van der Waals surface area contributed by atoms with Gasteiger partial charge in [-0.05, 0) is 15.9 Å². The predicted octanol–water partition coefficient (Wildman–Crippen LogP) is 1.97. The molecule has 1 aromatic rings. The third kappa shape index (κ3) is 4.31. The molecule has 0 aliphatic heterocycles. The van der Waals surface area contributed by atoms with E-state index in [0.29, 0.717) is 12.4 Å². The van der Waals surface area contributed by atoms with Gasteiger partial charge in [-0.3, -0.25) is 10.1 Å². The Kier molecular flexibility index (Phi) is 4.88. The Morgan fingerprint density at radius 1 is 1.65 bits per heavy atom. The summed E-state index contributed by atoms with van der Waals surface area (Å²) in [6.07, 6.45) is 2.75. The fourth-order valence-corrected chi connectivity index (χ4v) is 2.73. The zero-order chi connectivity index (χ0) is 13.0. The molecular formula is C9H13BrN4O2S. The average molecular weight is 321 g/mol. The second kappa shape index (κ2) is 5.97. The van der Waals surface area contributed by atoms with Crippen LogP contribution in [0.2, 0.25) is 0 Å². The highest BCUT2D eigenvalue weighted by Crippen LogP contribution is 2.21. The van der Waals surface area contributed by atoms with Crippen LogP contribution in [0.5, 0.6) is 0 Å². The molecule has 1 heterocycles. The van der Waals surface area contributed by atoms with Crippen LogP contribution in [-0.2, 0) is 6.54 Å². The summed E-state index contributed by atoms with van der Waals surface area (Å²) in [5.41, 5.74) is 0. The van der Waals surface area contributed by atoms with E-state index < -0.39 is 4.92 Å². The van der Waals surface area contributed by atoms with Gasteiger partial charge < -0.3 is 9.80 Å². The van der Waals surface area contributed by atoms with Gasteiger partial charge in [0.1, 0.15) is 0 Å². The van der Waals surface area contributed by atoms with Crippen molar-refractivity contribution in [2.75, 3.05) is 21.1 Å². The number of hydrogen-bond acceptors (Lipinski definition) is 6. The summed E-state index contributed by atoms with van der Waals surface area (Å²) >= 11 is 4.80. The van der Waals surface area contributed by atoms with Gasteiger partial charge in [0, 0.05) is 32.2 Å². The van der Waals surface area contributed by atoms with Crippen LogP contribution in [0.25, 0.3) is 0 Å². The van der Waals surface area contributed by atoms with Crippen LogP contribution in [0.15, 0.2) is 22.1 Å². The first-order chi connectivity index (χ1) is 7.90. The molecule has 1 aromatic heterocycles. The number of aromatic nitrogens is 1. The Labute approximate surface area is 112 Å². The second-order valence-electron chi connectivity index (χ2n) is 3.60. The van der Waals surface area contributed by atoms with Crippen molar-refractivity contribution >= 4 is 27.3 Å². The summed E-state index contributed by atoms with van der Waals surface area (Å²) in [6, 6.07) is 0. The minimum absolute atomic E-state index is 0.450. The number of rotatable bonds is 5. The quantitative estimate of drug-likeness (QED) is 0.613. The monoisotopic (exact) mass is 320 g/mol. The van der Waals surface area contributed by atoms with Crippen LogP contribution in [0.3, 0.4) is 0 Å². The average Bonchev–Trinajstić information content (AvgIpc) is 2.59. The van der Waals surface area contributed by atoms with Gasteiger partial charge in [0.05, 0.1) is 11.5 Å². The Balaban J connectivity index is 2.79. The number of hydrogen-bond donors (Lipinski definition) is 0. The molecule has 0 spiro atoms. The third-order valence-corrected chi connectivity index (χ3v) is 3.45. The molecule has 0 fully saturated rings. The summed E-state index contributed by atoms with van der Waals surface area (Å²) < 4.78 is 0.811. The maximum atomic E-state index is 10.5. The van der Waals surface area contributed by atoms with Gasteiger partial charge in [-0.25, -0.2) is 4.98 Å². The molecule has 6 nitrogen and oxygen atoms in total. The molecule has 0 atom stereocenters. The molecule has 94 valence electrons. The fraction of sp³-hybridized carbons (Fsp3) is 0.444. The zero-order valence-electron chi connectivity index (χ0n) is 9.75. The van der Waals surface area contributed by atoms with Crippen molar-refractivity contribution in [1.82, 2.24) is 14.8 Å². The van der Waals surface area contributed by atoms with E-state index in [2.05, 4.69) is 20.9 Å². The minimum Gasteiger partial charge on any atom is -0.359 e. The minimum atomic E-state index is -0.450. The summed E-state index contributed by atoms with van der Waals surface area (Å²) in [4.78, 5) is 18.7. The first-order valence-corrected chi connectivity index (χ1v) is 6.35. The van der Waals surface area contributed by atoms with E-state index in [0.717, 1.165) is 15.0 Å². The Morgan fingerprint density at radius 2 is 2.29 bits per heavy atom. The summed E-state index contributed by atoms with van der Waals surface area (Å²) in [6.45, 7) is 0.584. The third-order valence-electron chi connectivity index (χ3n) is 1.99. The van der Waals surface area contributed by atoms with Gasteiger partial charge in [0.2, 0.25) is 0 Å². The van der Waals surface area contributed by atoms with Crippen LogP contribution in [-0.4, -0.2) is 40.9 Å². The van der Waals surface area contributed by atoms with Crippen molar-refractivity contribution in [3.63, 3.8) is 0 Å². The van der Waals surface area contributed by atoms with Crippen molar-refractivity contribution in [1.29, 1.82) is 0 Å². The highest BCUT2D eigenvalue weighted by molar-refractivity contribution is 9.11. The number of halogens is 1. The lowest BCUT2D eigenvalue weighted by molar-refractivity contribution is -0.405. The summed E-state index contributed by atoms with van der Waals surface area (Å²) in [7, 11) is 5.35. The normalized spacial score (nSPS) is 11.4. The van der Waals surface area contributed by atoms with Gasteiger partial charge >= 0.3 is 0 Å². The van der Waals surface area contributed by atoms with Gasteiger partial charge in [-0.1, -0.05) is 0 Å². The molecule has 0 saturated heterocycles. The van der Waals surface area contributed by atoms with Gasteiger partial charge in [0.15, 0.2) is 9.74 Å². The zero-order valence-corrected chi connectivity index (χ0v) is 12.2. The lowest BCUT2D eigenvalue weighted by Gasteiger charge is -2.25. The lowest BCUT2D eigenvalue weighted by Crippen LogP contribution is -2.28. The molecule has 0 N–H and O–H groups in total. The van der Waals surface area contributed by atoms with E-state index in [1.807, 2.05) is 11.9 Å². The Bertz CT molecular complexity index is 432.